The zero-order valence-electron chi connectivity index (χ0n) is 13.3. The standard InChI is InChI=1S/C19H28O2/c1-3-8-17(2)9-7-12-18(15-20)13-14-21-16-19-10-5-4-6-11-19/h4-6,9-11,13,20H,3,7-8,12,14-16H2,1-2H3/b17-9-,18-13+. The fraction of sp³-hybridized carbons (Fsp3) is 0.474. The minimum absolute atomic E-state index is 0.120. The molecule has 0 saturated carbocycles. The van der Waals surface area contributed by atoms with Crippen LogP contribution in [-0.2, 0) is 11.3 Å². The molecule has 116 valence electrons. The summed E-state index contributed by atoms with van der Waals surface area (Å²) in [5, 5.41) is 9.37. The van der Waals surface area contributed by atoms with Crippen molar-refractivity contribution in [1.29, 1.82) is 0 Å². The number of aliphatic hydroxyl groups excluding tert-OH is 1. The monoisotopic (exact) mass is 288 g/mol. The second kappa shape index (κ2) is 11.3. The Morgan fingerprint density at radius 3 is 2.57 bits per heavy atom. The molecule has 0 aliphatic heterocycles. The lowest BCUT2D eigenvalue weighted by Crippen LogP contribution is -1.97. The lowest BCUT2D eigenvalue weighted by Gasteiger charge is -2.05. The molecule has 0 amide bonds. The minimum Gasteiger partial charge on any atom is -0.392 e. The summed E-state index contributed by atoms with van der Waals surface area (Å²) in [7, 11) is 0. The van der Waals surface area contributed by atoms with E-state index in [0.717, 1.165) is 18.4 Å². The van der Waals surface area contributed by atoms with Gasteiger partial charge in [0.1, 0.15) is 0 Å². The van der Waals surface area contributed by atoms with Crippen molar-refractivity contribution < 1.29 is 9.84 Å². The fourth-order valence-corrected chi connectivity index (χ4v) is 2.17. The highest BCUT2D eigenvalue weighted by Gasteiger charge is 1.96. The maximum Gasteiger partial charge on any atom is 0.0721 e. The van der Waals surface area contributed by atoms with Crippen molar-refractivity contribution in [3.63, 3.8) is 0 Å². The van der Waals surface area contributed by atoms with Gasteiger partial charge in [-0.05, 0) is 37.3 Å². The van der Waals surface area contributed by atoms with Gasteiger partial charge in [-0.25, -0.2) is 0 Å². The van der Waals surface area contributed by atoms with Crippen molar-refractivity contribution in [2.75, 3.05) is 13.2 Å². The summed E-state index contributed by atoms with van der Waals surface area (Å²) in [4.78, 5) is 0. The van der Waals surface area contributed by atoms with E-state index < -0.39 is 0 Å². The molecule has 0 unspecified atom stereocenters. The summed E-state index contributed by atoms with van der Waals surface area (Å²) in [6, 6.07) is 10.1. The second-order valence-corrected chi connectivity index (χ2v) is 5.36. The molecule has 0 radical (unpaired) electrons. The Hall–Kier alpha value is -1.38. The summed E-state index contributed by atoms with van der Waals surface area (Å²) in [6.45, 7) is 5.67. The predicted octanol–water partition coefficient (Wildman–Crippen LogP) is 4.65. The summed E-state index contributed by atoms with van der Waals surface area (Å²) in [5.41, 5.74) is 3.67. The Bertz CT molecular complexity index is 432. The molecule has 2 heteroatoms. The third-order valence-electron chi connectivity index (χ3n) is 3.41. The molecular formula is C19H28O2. The number of benzene rings is 1. The van der Waals surface area contributed by atoms with Gasteiger partial charge in [-0.15, -0.1) is 0 Å². The van der Waals surface area contributed by atoms with Crippen molar-refractivity contribution >= 4 is 0 Å². The zero-order chi connectivity index (χ0) is 15.3. The molecule has 0 spiro atoms. The molecule has 0 fully saturated rings. The average molecular weight is 288 g/mol. The quantitative estimate of drug-likeness (QED) is 0.501. The lowest BCUT2D eigenvalue weighted by atomic mass is 10.1. The first-order valence-electron chi connectivity index (χ1n) is 7.82. The summed E-state index contributed by atoms with van der Waals surface area (Å²) >= 11 is 0. The molecule has 1 aromatic carbocycles. The number of hydrogen-bond acceptors (Lipinski definition) is 2. The first kappa shape index (κ1) is 17.7. The number of aliphatic hydroxyl groups is 1. The van der Waals surface area contributed by atoms with Crippen molar-refractivity contribution in [2.24, 2.45) is 0 Å². The SMILES string of the molecule is CCC/C(C)=C\CC/C(=C\COCc1ccccc1)CO. The van der Waals surface area contributed by atoms with Gasteiger partial charge >= 0.3 is 0 Å². The van der Waals surface area contributed by atoms with Crippen LogP contribution in [-0.4, -0.2) is 18.3 Å². The Morgan fingerprint density at radius 1 is 1.14 bits per heavy atom. The molecule has 0 saturated heterocycles. The van der Waals surface area contributed by atoms with Crippen LogP contribution in [0.15, 0.2) is 53.6 Å². The Balaban J connectivity index is 2.26. The molecule has 0 aliphatic carbocycles. The van der Waals surface area contributed by atoms with Gasteiger partial charge in [-0.1, -0.05) is 61.4 Å². The second-order valence-electron chi connectivity index (χ2n) is 5.36. The normalized spacial score (nSPS) is 12.7. The van der Waals surface area contributed by atoms with Crippen molar-refractivity contribution in [2.45, 2.75) is 46.1 Å². The van der Waals surface area contributed by atoms with E-state index in [0.29, 0.717) is 13.2 Å². The van der Waals surface area contributed by atoms with E-state index in [2.05, 4.69) is 32.1 Å². The molecule has 21 heavy (non-hydrogen) atoms. The van der Waals surface area contributed by atoms with Gasteiger partial charge < -0.3 is 9.84 Å². The van der Waals surface area contributed by atoms with Gasteiger partial charge in [0, 0.05) is 0 Å². The van der Waals surface area contributed by atoms with Crippen LogP contribution >= 0.6 is 0 Å². The zero-order valence-corrected chi connectivity index (χ0v) is 13.3. The van der Waals surface area contributed by atoms with Gasteiger partial charge in [0.05, 0.1) is 19.8 Å². The maximum absolute atomic E-state index is 9.37. The van der Waals surface area contributed by atoms with Crippen LogP contribution in [0.5, 0.6) is 0 Å². The maximum atomic E-state index is 9.37. The molecular weight excluding hydrogens is 260 g/mol. The molecule has 0 heterocycles. The van der Waals surface area contributed by atoms with Crippen LogP contribution < -0.4 is 0 Å². The van der Waals surface area contributed by atoms with Gasteiger partial charge in [0.15, 0.2) is 0 Å². The highest BCUT2D eigenvalue weighted by atomic mass is 16.5. The van der Waals surface area contributed by atoms with Gasteiger partial charge in [0.25, 0.3) is 0 Å². The van der Waals surface area contributed by atoms with E-state index in [9.17, 15) is 5.11 Å². The fourth-order valence-electron chi connectivity index (χ4n) is 2.17. The van der Waals surface area contributed by atoms with E-state index in [4.69, 9.17) is 4.74 Å². The number of allylic oxidation sites excluding steroid dienone is 2. The molecule has 1 N–H and O–H groups in total. The van der Waals surface area contributed by atoms with Crippen molar-refractivity contribution in [3.05, 3.63) is 59.2 Å². The Morgan fingerprint density at radius 2 is 1.90 bits per heavy atom. The molecule has 0 aliphatic rings. The van der Waals surface area contributed by atoms with Crippen molar-refractivity contribution in [3.8, 4) is 0 Å². The van der Waals surface area contributed by atoms with E-state index in [1.54, 1.807) is 0 Å². The molecule has 0 bridgehead atoms. The summed E-state index contributed by atoms with van der Waals surface area (Å²) in [6.07, 6.45) is 8.55. The number of ether oxygens (including phenoxy) is 1. The predicted molar refractivity (Wildman–Crippen MR) is 89.2 cm³/mol. The van der Waals surface area contributed by atoms with Crippen LogP contribution in [0, 0.1) is 0 Å². The minimum atomic E-state index is 0.120. The summed E-state index contributed by atoms with van der Waals surface area (Å²) in [5.74, 6) is 0. The molecule has 0 aromatic heterocycles. The van der Waals surface area contributed by atoms with E-state index in [-0.39, 0.29) is 6.61 Å². The first-order valence-corrected chi connectivity index (χ1v) is 7.82. The van der Waals surface area contributed by atoms with Gasteiger partial charge in [-0.2, -0.15) is 0 Å². The third kappa shape index (κ3) is 8.49. The Labute approximate surface area is 129 Å². The van der Waals surface area contributed by atoms with Crippen LogP contribution in [0.25, 0.3) is 0 Å². The van der Waals surface area contributed by atoms with Crippen LogP contribution in [0.1, 0.15) is 45.1 Å². The molecule has 1 aromatic rings. The van der Waals surface area contributed by atoms with Gasteiger partial charge in [-0.3, -0.25) is 0 Å². The van der Waals surface area contributed by atoms with Crippen LogP contribution in [0.3, 0.4) is 0 Å². The lowest BCUT2D eigenvalue weighted by molar-refractivity contribution is 0.147. The highest BCUT2D eigenvalue weighted by molar-refractivity contribution is 5.13. The van der Waals surface area contributed by atoms with E-state index >= 15 is 0 Å². The van der Waals surface area contributed by atoms with E-state index in [1.807, 2.05) is 24.3 Å². The number of hydrogen-bond donors (Lipinski definition) is 1. The third-order valence-corrected chi connectivity index (χ3v) is 3.41. The largest absolute Gasteiger partial charge is 0.392 e. The molecule has 1 rings (SSSR count). The van der Waals surface area contributed by atoms with Crippen LogP contribution in [0.2, 0.25) is 0 Å². The van der Waals surface area contributed by atoms with E-state index in [1.165, 1.54) is 24.0 Å². The number of rotatable bonds is 10. The Kier molecular flexibility index (Phi) is 9.51. The summed E-state index contributed by atoms with van der Waals surface area (Å²) < 4.78 is 5.62. The van der Waals surface area contributed by atoms with Crippen LogP contribution in [0.4, 0.5) is 0 Å². The van der Waals surface area contributed by atoms with Crippen molar-refractivity contribution in [1.82, 2.24) is 0 Å². The average Bonchev–Trinajstić information content (AvgIpc) is 2.51. The molecule has 2 nitrogen and oxygen atoms in total. The highest BCUT2D eigenvalue weighted by Crippen LogP contribution is 2.10. The van der Waals surface area contributed by atoms with Gasteiger partial charge in [0.2, 0.25) is 0 Å². The smallest absolute Gasteiger partial charge is 0.0721 e. The molecule has 0 atom stereocenters. The first-order chi connectivity index (χ1) is 10.3. The topological polar surface area (TPSA) is 29.5 Å².